The summed E-state index contributed by atoms with van der Waals surface area (Å²) in [5, 5.41) is 4.99. The lowest BCUT2D eigenvalue weighted by Crippen LogP contribution is -2.28. The summed E-state index contributed by atoms with van der Waals surface area (Å²) >= 11 is 0. The summed E-state index contributed by atoms with van der Waals surface area (Å²) in [6.45, 7) is 2.57. The van der Waals surface area contributed by atoms with E-state index >= 15 is 0 Å². The van der Waals surface area contributed by atoms with Gasteiger partial charge in [0.25, 0.3) is 5.91 Å². The molecule has 1 aliphatic heterocycles. The zero-order valence-electron chi connectivity index (χ0n) is 19.4. The van der Waals surface area contributed by atoms with E-state index in [-0.39, 0.29) is 17.5 Å². The Labute approximate surface area is 198 Å². The van der Waals surface area contributed by atoms with Crippen LogP contribution in [-0.2, 0) is 12.6 Å². The van der Waals surface area contributed by atoms with E-state index in [4.69, 9.17) is 9.47 Å². The molecule has 1 fully saturated rings. The molecule has 1 aliphatic rings. The lowest BCUT2D eigenvalue weighted by molar-refractivity contribution is -0.142. The lowest BCUT2D eigenvalue weighted by Gasteiger charge is -2.15. The van der Waals surface area contributed by atoms with Gasteiger partial charge in [-0.2, -0.15) is 18.3 Å². The van der Waals surface area contributed by atoms with Crippen molar-refractivity contribution in [2.75, 3.05) is 27.3 Å². The number of fused-ring (bicyclic) bond motifs is 2. The van der Waals surface area contributed by atoms with Gasteiger partial charge < -0.3 is 19.4 Å². The van der Waals surface area contributed by atoms with Crippen LogP contribution in [0.2, 0.25) is 0 Å². The summed E-state index contributed by atoms with van der Waals surface area (Å²) in [7, 11) is 3.10. The van der Waals surface area contributed by atoms with Crippen LogP contribution in [0.1, 0.15) is 46.8 Å². The SMILES string of the molecule is CCc1cc(C(F)(F)F)n2nc([C@H]3CCN(C(=O)c4cc5c(OC)cc(OC)cc5[nH]4)C3)cc2n1. The van der Waals surface area contributed by atoms with Gasteiger partial charge in [0, 0.05) is 48.3 Å². The molecular formula is C24H24F3N5O3. The molecule has 3 aromatic heterocycles. The Kier molecular flexibility index (Phi) is 5.57. The molecule has 184 valence electrons. The van der Waals surface area contributed by atoms with Crippen molar-refractivity contribution in [3.05, 3.63) is 53.1 Å². The number of aromatic amines is 1. The summed E-state index contributed by atoms with van der Waals surface area (Å²) < 4.78 is 52.4. The van der Waals surface area contributed by atoms with Crippen LogP contribution >= 0.6 is 0 Å². The van der Waals surface area contributed by atoms with Crippen LogP contribution in [0.4, 0.5) is 13.2 Å². The number of hydrogen-bond donors (Lipinski definition) is 1. The molecule has 5 rings (SSSR count). The third-order valence-corrected chi connectivity index (χ3v) is 6.41. The van der Waals surface area contributed by atoms with Crippen molar-refractivity contribution in [1.82, 2.24) is 24.5 Å². The molecule has 4 aromatic rings. The minimum atomic E-state index is -4.55. The second-order valence-corrected chi connectivity index (χ2v) is 8.53. The smallest absolute Gasteiger partial charge is 0.433 e. The number of ether oxygens (including phenoxy) is 2. The predicted octanol–water partition coefficient (Wildman–Crippen LogP) is 4.44. The minimum Gasteiger partial charge on any atom is -0.497 e. The van der Waals surface area contributed by atoms with Gasteiger partial charge in [-0.3, -0.25) is 4.79 Å². The standard InChI is InChI=1S/C24H24F3N5O3/c1-4-14-7-21(24(25,26)27)32-22(28-14)11-17(30-32)13-5-6-31(12-13)23(33)19-10-16-18(29-19)8-15(34-2)9-20(16)35-3/h7-11,13,29H,4-6,12H2,1-3H3/t13-/m0/s1. The average Bonchev–Trinajstić information content (AvgIpc) is 3.58. The van der Waals surface area contributed by atoms with Gasteiger partial charge in [0.1, 0.15) is 22.9 Å². The van der Waals surface area contributed by atoms with Gasteiger partial charge >= 0.3 is 6.18 Å². The number of aromatic nitrogens is 4. The molecule has 0 aliphatic carbocycles. The number of aryl methyl sites for hydroxylation is 1. The number of methoxy groups -OCH3 is 2. The fraction of sp³-hybridized carbons (Fsp3) is 0.375. The van der Waals surface area contributed by atoms with Crippen LogP contribution in [-0.4, -0.2) is 57.7 Å². The lowest BCUT2D eigenvalue weighted by atomic mass is 10.1. The number of H-pyrrole nitrogens is 1. The molecule has 0 radical (unpaired) electrons. The molecule has 1 aromatic carbocycles. The van der Waals surface area contributed by atoms with E-state index in [9.17, 15) is 18.0 Å². The number of halogens is 3. The molecule has 1 saturated heterocycles. The normalized spacial score (nSPS) is 16.4. The highest BCUT2D eigenvalue weighted by Crippen LogP contribution is 2.34. The van der Waals surface area contributed by atoms with Crippen LogP contribution in [0, 0.1) is 0 Å². The van der Waals surface area contributed by atoms with E-state index in [1.54, 1.807) is 50.3 Å². The number of carbonyl (C=O) groups is 1. The molecule has 4 heterocycles. The van der Waals surface area contributed by atoms with Crippen molar-refractivity contribution in [1.29, 1.82) is 0 Å². The second kappa shape index (κ2) is 8.47. The van der Waals surface area contributed by atoms with Crippen molar-refractivity contribution in [2.24, 2.45) is 0 Å². The number of benzene rings is 1. The molecule has 35 heavy (non-hydrogen) atoms. The Balaban J connectivity index is 1.41. The number of carbonyl (C=O) groups excluding carboxylic acids is 1. The number of rotatable bonds is 5. The second-order valence-electron chi connectivity index (χ2n) is 8.53. The van der Waals surface area contributed by atoms with Crippen LogP contribution < -0.4 is 9.47 Å². The van der Waals surface area contributed by atoms with Gasteiger partial charge in [0.2, 0.25) is 0 Å². The van der Waals surface area contributed by atoms with Crippen LogP contribution in [0.25, 0.3) is 16.6 Å². The molecular weight excluding hydrogens is 463 g/mol. The first kappa shape index (κ1) is 23.0. The highest BCUT2D eigenvalue weighted by atomic mass is 19.4. The molecule has 1 N–H and O–H groups in total. The summed E-state index contributed by atoms with van der Waals surface area (Å²) in [5.41, 5.74) is 1.26. The quantitative estimate of drug-likeness (QED) is 0.450. The number of likely N-dealkylation sites (tertiary alicyclic amines) is 1. The third-order valence-electron chi connectivity index (χ3n) is 6.41. The monoisotopic (exact) mass is 487 g/mol. The highest BCUT2D eigenvalue weighted by molar-refractivity contribution is 6.00. The summed E-state index contributed by atoms with van der Waals surface area (Å²) in [5.74, 6) is 0.793. The Bertz CT molecular complexity index is 1430. The summed E-state index contributed by atoms with van der Waals surface area (Å²) in [6, 6.07) is 7.89. The van der Waals surface area contributed by atoms with Gasteiger partial charge in [-0.15, -0.1) is 0 Å². The minimum absolute atomic E-state index is 0.160. The number of hydrogen-bond acceptors (Lipinski definition) is 5. The fourth-order valence-electron chi connectivity index (χ4n) is 4.56. The Morgan fingerprint density at radius 1 is 1.17 bits per heavy atom. The first-order chi connectivity index (χ1) is 16.7. The van der Waals surface area contributed by atoms with Crippen molar-refractivity contribution >= 4 is 22.5 Å². The van der Waals surface area contributed by atoms with E-state index < -0.39 is 11.9 Å². The molecule has 0 unspecified atom stereocenters. The highest BCUT2D eigenvalue weighted by Gasteiger charge is 2.36. The zero-order valence-corrected chi connectivity index (χ0v) is 19.4. The molecule has 11 heteroatoms. The number of nitrogens with one attached hydrogen (secondary N) is 1. The van der Waals surface area contributed by atoms with Crippen molar-refractivity contribution in [3.63, 3.8) is 0 Å². The van der Waals surface area contributed by atoms with Gasteiger partial charge in [-0.1, -0.05) is 6.92 Å². The maximum Gasteiger partial charge on any atom is 0.433 e. The van der Waals surface area contributed by atoms with Gasteiger partial charge in [0.05, 0.1) is 25.4 Å². The van der Waals surface area contributed by atoms with Crippen molar-refractivity contribution in [3.8, 4) is 11.5 Å². The van der Waals surface area contributed by atoms with E-state index in [2.05, 4.69) is 15.1 Å². The van der Waals surface area contributed by atoms with E-state index in [0.717, 1.165) is 16.0 Å². The van der Waals surface area contributed by atoms with Crippen molar-refractivity contribution in [2.45, 2.75) is 31.9 Å². The van der Waals surface area contributed by atoms with Crippen LogP contribution in [0.3, 0.4) is 0 Å². The fourth-order valence-corrected chi connectivity index (χ4v) is 4.56. The predicted molar refractivity (Wildman–Crippen MR) is 122 cm³/mol. The molecule has 0 bridgehead atoms. The van der Waals surface area contributed by atoms with Crippen LogP contribution in [0.5, 0.6) is 11.5 Å². The Hall–Kier alpha value is -3.76. The van der Waals surface area contributed by atoms with Crippen molar-refractivity contribution < 1.29 is 27.4 Å². The van der Waals surface area contributed by atoms with E-state index in [1.807, 2.05) is 0 Å². The Morgan fingerprint density at radius 2 is 1.97 bits per heavy atom. The maximum absolute atomic E-state index is 13.6. The number of nitrogens with zero attached hydrogens (tertiary/aromatic N) is 4. The summed E-state index contributed by atoms with van der Waals surface area (Å²) in [6.07, 6.45) is -3.58. The van der Waals surface area contributed by atoms with E-state index in [1.165, 1.54) is 0 Å². The molecule has 1 atom stereocenters. The topological polar surface area (TPSA) is 84.8 Å². The molecule has 0 spiro atoms. The maximum atomic E-state index is 13.6. The molecule has 1 amide bonds. The van der Waals surface area contributed by atoms with E-state index in [0.29, 0.717) is 60.0 Å². The van der Waals surface area contributed by atoms with Crippen LogP contribution in [0.15, 0.2) is 30.3 Å². The first-order valence-electron chi connectivity index (χ1n) is 11.2. The molecule has 8 nitrogen and oxygen atoms in total. The van der Waals surface area contributed by atoms with Gasteiger partial charge in [-0.25, -0.2) is 9.50 Å². The average molecular weight is 487 g/mol. The molecule has 0 saturated carbocycles. The largest absolute Gasteiger partial charge is 0.497 e. The Morgan fingerprint density at radius 3 is 2.66 bits per heavy atom. The third kappa shape index (κ3) is 4.04. The number of alkyl halides is 3. The van der Waals surface area contributed by atoms with Gasteiger partial charge in [-0.05, 0) is 25.0 Å². The number of amides is 1. The first-order valence-corrected chi connectivity index (χ1v) is 11.2. The van der Waals surface area contributed by atoms with Gasteiger partial charge in [0.15, 0.2) is 5.65 Å². The zero-order chi connectivity index (χ0) is 24.9. The summed E-state index contributed by atoms with van der Waals surface area (Å²) in [4.78, 5) is 22.3.